The fourth-order valence-electron chi connectivity index (χ4n) is 2.87. The summed E-state index contributed by atoms with van der Waals surface area (Å²) >= 11 is 0. The Balaban J connectivity index is 0.000000654. The quantitative estimate of drug-likeness (QED) is 0.303. The summed E-state index contributed by atoms with van der Waals surface area (Å²) in [5.41, 5.74) is 6.74. The summed E-state index contributed by atoms with van der Waals surface area (Å²) in [6.45, 7) is 0.425. The van der Waals surface area contributed by atoms with Crippen LogP contribution in [0, 0.1) is 0 Å². The van der Waals surface area contributed by atoms with Crippen molar-refractivity contribution in [1.29, 1.82) is 0 Å². The summed E-state index contributed by atoms with van der Waals surface area (Å²) in [7, 11) is 10.6. The van der Waals surface area contributed by atoms with E-state index in [1.54, 1.807) is 21.1 Å². The van der Waals surface area contributed by atoms with Crippen LogP contribution in [-0.4, -0.2) is 98.8 Å². The van der Waals surface area contributed by atoms with E-state index in [9.17, 15) is 24.6 Å². The van der Waals surface area contributed by atoms with Crippen molar-refractivity contribution in [3.63, 3.8) is 0 Å². The molecule has 0 spiro atoms. The van der Waals surface area contributed by atoms with Gasteiger partial charge in [-0.25, -0.2) is 0 Å². The molecule has 3 N–H and O–H groups in total. The van der Waals surface area contributed by atoms with Gasteiger partial charge in [0, 0.05) is 12.4 Å². The fourth-order valence-corrected chi connectivity index (χ4v) is 2.87. The average Bonchev–Trinajstić information content (AvgIpc) is 2.51. The number of carboxylic acids is 2. The molecular formula is C21H35N3O6. The molecule has 0 fully saturated rings. The summed E-state index contributed by atoms with van der Waals surface area (Å²) in [6, 6.07) is 7.18. The molecule has 0 aromatic heterocycles. The minimum Gasteiger partial charge on any atom is -0.550 e. The van der Waals surface area contributed by atoms with Gasteiger partial charge < -0.3 is 39.6 Å². The summed E-state index contributed by atoms with van der Waals surface area (Å²) in [5.74, 6) is -3.09. The van der Waals surface area contributed by atoms with E-state index >= 15 is 0 Å². The topological polar surface area (TPSA) is 144 Å². The molecule has 0 heterocycles. The minimum atomic E-state index is -1.39. The summed E-state index contributed by atoms with van der Waals surface area (Å²) < 4.78 is 0.512. The number of aliphatic hydroxyl groups excluding tert-OH is 1. The molecule has 0 aliphatic rings. The number of Topliss-reactive ketones (excluding diaryl/α,β-unsaturated/α-hetero) is 1. The van der Waals surface area contributed by atoms with Gasteiger partial charge in [-0.3, -0.25) is 4.79 Å². The third-order valence-corrected chi connectivity index (χ3v) is 4.09. The third-order valence-electron chi connectivity index (χ3n) is 4.09. The van der Waals surface area contributed by atoms with E-state index in [0.717, 1.165) is 5.56 Å². The Morgan fingerprint density at radius 1 is 1.00 bits per heavy atom. The number of nitrogens with zero attached hydrogens (tertiary/aromatic N) is 2. The van der Waals surface area contributed by atoms with Crippen LogP contribution in [0.1, 0.15) is 12.0 Å². The summed E-state index contributed by atoms with van der Waals surface area (Å²) in [5, 5.41) is 30.3. The first kappa shape index (κ1) is 27.7. The molecule has 9 heteroatoms. The van der Waals surface area contributed by atoms with Crippen molar-refractivity contribution < 1.29 is 38.7 Å². The summed E-state index contributed by atoms with van der Waals surface area (Å²) in [6.07, 6.45) is -0.765. The first-order valence-electron chi connectivity index (χ1n) is 9.58. The highest BCUT2D eigenvalue weighted by atomic mass is 16.4. The molecule has 0 radical (unpaired) electrons. The second-order valence-corrected chi connectivity index (χ2v) is 9.24. The van der Waals surface area contributed by atoms with Gasteiger partial charge in [-0.1, -0.05) is 30.3 Å². The van der Waals surface area contributed by atoms with Crippen molar-refractivity contribution in [2.45, 2.75) is 31.0 Å². The number of nitrogens with two attached hydrogens (primary N) is 1. The van der Waals surface area contributed by atoms with Gasteiger partial charge in [-0.15, -0.1) is 0 Å². The number of aliphatic hydroxyl groups is 1. The van der Waals surface area contributed by atoms with Gasteiger partial charge in [0.1, 0.15) is 18.6 Å². The van der Waals surface area contributed by atoms with Crippen LogP contribution >= 0.6 is 0 Å². The molecule has 0 aliphatic carbocycles. The van der Waals surface area contributed by atoms with E-state index < -0.39 is 35.9 Å². The van der Waals surface area contributed by atoms with Crippen molar-refractivity contribution in [3.05, 3.63) is 35.9 Å². The number of carboxylic acid groups (broad SMARTS) is 2. The van der Waals surface area contributed by atoms with Gasteiger partial charge in [0.15, 0.2) is 6.04 Å². The molecule has 3 atom stereocenters. The van der Waals surface area contributed by atoms with Crippen molar-refractivity contribution >= 4 is 17.7 Å². The van der Waals surface area contributed by atoms with Crippen LogP contribution in [-0.2, 0) is 20.8 Å². The van der Waals surface area contributed by atoms with E-state index in [0.29, 0.717) is 17.4 Å². The molecule has 170 valence electrons. The maximum atomic E-state index is 12.2. The Morgan fingerprint density at radius 3 is 1.87 bits per heavy atom. The number of hydrogen-bond donors (Lipinski definition) is 2. The first-order chi connectivity index (χ1) is 13.5. The summed E-state index contributed by atoms with van der Waals surface area (Å²) in [4.78, 5) is 33.3. The second kappa shape index (κ2) is 11.8. The molecule has 0 aliphatic heterocycles. The molecule has 1 aromatic rings. The maximum absolute atomic E-state index is 12.2. The molecule has 0 amide bonds. The molecule has 1 aromatic carbocycles. The van der Waals surface area contributed by atoms with Gasteiger partial charge in [0.25, 0.3) is 0 Å². The van der Waals surface area contributed by atoms with Gasteiger partial charge in [0.05, 0.1) is 48.3 Å². The van der Waals surface area contributed by atoms with E-state index in [1.807, 2.05) is 51.5 Å². The lowest BCUT2D eigenvalue weighted by molar-refractivity contribution is -0.880. The molecule has 0 saturated carbocycles. The van der Waals surface area contributed by atoms with Crippen molar-refractivity contribution in [2.75, 3.05) is 48.8 Å². The molecule has 0 bridgehead atoms. The standard InChI is InChI=1S/C14H20N2O3.C7H15NO3/c1-16(2,3)12(14(18)19)13(17)11(15)9-10-7-5-4-6-8-10;1-8(2,3)5-6(9)4-7(10)11/h4-8,11-12H,9,15H2,1-3H3;6,9H,4-5H2,1-3H3. The second-order valence-electron chi connectivity index (χ2n) is 9.24. The average molecular weight is 426 g/mol. The Hall–Kier alpha value is -2.33. The highest BCUT2D eigenvalue weighted by molar-refractivity contribution is 6.03. The van der Waals surface area contributed by atoms with Crippen LogP contribution in [0.4, 0.5) is 0 Å². The lowest BCUT2D eigenvalue weighted by Crippen LogP contribution is -2.62. The Kier molecular flexibility index (Phi) is 10.8. The van der Waals surface area contributed by atoms with Crippen LogP contribution in [0.3, 0.4) is 0 Å². The van der Waals surface area contributed by atoms with Crippen LogP contribution in [0.2, 0.25) is 0 Å². The van der Waals surface area contributed by atoms with Crippen LogP contribution in [0.5, 0.6) is 0 Å². The lowest BCUT2D eigenvalue weighted by Gasteiger charge is -2.34. The molecule has 3 unspecified atom stereocenters. The van der Waals surface area contributed by atoms with Crippen LogP contribution in [0.25, 0.3) is 0 Å². The zero-order valence-corrected chi connectivity index (χ0v) is 18.7. The largest absolute Gasteiger partial charge is 0.550 e. The predicted octanol–water partition coefficient (Wildman–Crippen LogP) is -2.86. The van der Waals surface area contributed by atoms with E-state index in [4.69, 9.17) is 10.8 Å². The molecule has 30 heavy (non-hydrogen) atoms. The molecule has 1 rings (SSSR count). The highest BCUT2D eigenvalue weighted by Crippen LogP contribution is 2.09. The number of benzene rings is 1. The zero-order valence-electron chi connectivity index (χ0n) is 18.7. The number of ketones is 1. The monoisotopic (exact) mass is 425 g/mol. The maximum Gasteiger partial charge on any atom is 0.212 e. The van der Waals surface area contributed by atoms with E-state index in [2.05, 4.69) is 0 Å². The molecule has 0 saturated heterocycles. The fraction of sp³-hybridized carbons (Fsp3) is 0.571. The third kappa shape index (κ3) is 11.6. The number of quaternary nitrogens is 2. The Morgan fingerprint density at radius 2 is 1.50 bits per heavy atom. The van der Waals surface area contributed by atoms with Crippen LogP contribution in [0.15, 0.2) is 30.3 Å². The smallest absolute Gasteiger partial charge is 0.212 e. The van der Waals surface area contributed by atoms with E-state index in [1.165, 1.54) is 0 Å². The number of carbonyl (C=O) groups excluding carboxylic acids is 3. The van der Waals surface area contributed by atoms with Crippen molar-refractivity contribution in [2.24, 2.45) is 5.73 Å². The highest BCUT2D eigenvalue weighted by Gasteiger charge is 2.36. The van der Waals surface area contributed by atoms with Crippen molar-refractivity contribution in [3.8, 4) is 0 Å². The number of aliphatic carboxylic acids is 2. The Labute approximate surface area is 178 Å². The normalized spacial score (nSPS) is 14.7. The van der Waals surface area contributed by atoms with Gasteiger partial charge in [-0.05, 0) is 12.0 Å². The van der Waals surface area contributed by atoms with Gasteiger partial charge in [-0.2, -0.15) is 0 Å². The minimum absolute atomic E-state index is 0.0380. The number of likely N-dealkylation sites (N-methyl/N-ethyl adjacent to an activating group) is 2. The zero-order chi connectivity index (χ0) is 23.7. The van der Waals surface area contributed by atoms with Crippen molar-refractivity contribution in [1.82, 2.24) is 0 Å². The Bertz CT molecular complexity index is 695. The van der Waals surface area contributed by atoms with Crippen LogP contribution < -0.4 is 15.9 Å². The molecule has 9 nitrogen and oxygen atoms in total. The number of carbonyl (C=O) groups is 3. The first-order valence-corrected chi connectivity index (χ1v) is 9.58. The SMILES string of the molecule is C[N+](C)(C)C(C(=O)[O-])C(=O)C(N)Cc1ccccc1.C[N+](C)(C)CC(O)CC(=O)[O-]. The molecular weight excluding hydrogens is 390 g/mol. The van der Waals surface area contributed by atoms with E-state index in [-0.39, 0.29) is 10.9 Å². The predicted molar refractivity (Wildman–Crippen MR) is 108 cm³/mol. The lowest BCUT2D eigenvalue weighted by atomic mass is 9.97. The van der Waals surface area contributed by atoms with Gasteiger partial charge >= 0.3 is 0 Å². The van der Waals surface area contributed by atoms with Gasteiger partial charge in [0.2, 0.25) is 5.78 Å². The number of rotatable bonds is 10. The number of hydrogen-bond acceptors (Lipinski definition) is 7.